The fourth-order valence-corrected chi connectivity index (χ4v) is 1.61. The van der Waals surface area contributed by atoms with Crippen molar-refractivity contribution in [2.45, 2.75) is 26.0 Å². The second-order valence-corrected chi connectivity index (χ2v) is 3.96. The molecule has 0 unspecified atom stereocenters. The monoisotopic (exact) mass is 254 g/mol. The minimum atomic E-state index is -0.438. The number of aliphatic hydroxyl groups is 1. The lowest BCUT2D eigenvalue weighted by atomic mass is 10.1. The van der Waals surface area contributed by atoms with Crippen molar-refractivity contribution in [1.29, 1.82) is 0 Å². The van der Waals surface area contributed by atoms with Gasteiger partial charge in [-0.2, -0.15) is 0 Å². The quantitative estimate of drug-likeness (QED) is 0.573. The van der Waals surface area contributed by atoms with Gasteiger partial charge in [0.05, 0.1) is 18.1 Å². The highest BCUT2D eigenvalue weighted by Crippen LogP contribution is 2.23. The van der Waals surface area contributed by atoms with Crippen LogP contribution in [0, 0.1) is 10.1 Å². The number of nitro benzene ring substituents is 1. The second-order valence-electron chi connectivity index (χ2n) is 3.96. The van der Waals surface area contributed by atoms with E-state index in [4.69, 9.17) is 9.84 Å². The van der Waals surface area contributed by atoms with Crippen molar-refractivity contribution >= 4 is 11.4 Å². The molecule has 0 saturated heterocycles. The molecule has 1 aromatic carbocycles. The zero-order chi connectivity index (χ0) is 13.5. The Morgan fingerprint density at radius 3 is 2.78 bits per heavy atom. The Morgan fingerprint density at radius 2 is 2.28 bits per heavy atom. The van der Waals surface area contributed by atoms with E-state index in [2.05, 4.69) is 5.32 Å². The lowest BCUT2D eigenvalue weighted by Crippen LogP contribution is -2.23. The summed E-state index contributed by atoms with van der Waals surface area (Å²) in [5, 5.41) is 23.0. The normalized spacial score (nSPS) is 12.2. The topological polar surface area (TPSA) is 84.6 Å². The van der Waals surface area contributed by atoms with Crippen LogP contribution in [-0.4, -0.2) is 29.8 Å². The summed E-state index contributed by atoms with van der Waals surface area (Å²) in [6.07, 6.45) is 0.764. The summed E-state index contributed by atoms with van der Waals surface area (Å²) < 4.78 is 5.03. The third kappa shape index (κ3) is 3.68. The number of hydrogen-bond acceptors (Lipinski definition) is 5. The van der Waals surface area contributed by atoms with Gasteiger partial charge in [0.1, 0.15) is 0 Å². The number of aliphatic hydroxyl groups excluding tert-OH is 1. The molecular formula is C12H18N2O4. The lowest BCUT2D eigenvalue weighted by Gasteiger charge is -2.18. The second kappa shape index (κ2) is 6.93. The summed E-state index contributed by atoms with van der Waals surface area (Å²) in [7, 11) is 1.53. The van der Waals surface area contributed by atoms with E-state index in [1.165, 1.54) is 19.2 Å². The zero-order valence-electron chi connectivity index (χ0n) is 10.5. The van der Waals surface area contributed by atoms with Gasteiger partial charge >= 0.3 is 0 Å². The molecule has 0 saturated carbocycles. The van der Waals surface area contributed by atoms with E-state index in [1.807, 2.05) is 6.92 Å². The fourth-order valence-electron chi connectivity index (χ4n) is 1.61. The Bertz CT molecular complexity index is 405. The van der Waals surface area contributed by atoms with Gasteiger partial charge < -0.3 is 15.2 Å². The molecule has 0 spiro atoms. The van der Waals surface area contributed by atoms with E-state index in [0.717, 1.165) is 12.1 Å². The smallest absolute Gasteiger partial charge is 0.269 e. The number of nitrogens with zero attached hydrogens (tertiary/aromatic N) is 1. The number of rotatable bonds is 7. The first-order chi connectivity index (χ1) is 8.62. The molecule has 1 aromatic rings. The Kier molecular flexibility index (Phi) is 5.54. The number of nitro groups is 1. The van der Waals surface area contributed by atoms with Crippen molar-refractivity contribution in [2.75, 3.05) is 19.0 Å². The van der Waals surface area contributed by atoms with Crippen LogP contribution in [0.3, 0.4) is 0 Å². The Balaban J connectivity index is 2.99. The first-order valence-corrected chi connectivity index (χ1v) is 5.76. The van der Waals surface area contributed by atoms with Crippen molar-refractivity contribution in [3.05, 3.63) is 33.9 Å². The van der Waals surface area contributed by atoms with Crippen LogP contribution in [0.4, 0.5) is 11.4 Å². The lowest BCUT2D eigenvalue weighted by molar-refractivity contribution is -0.384. The highest BCUT2D eigenvalue weighted by atomic mass is 16.6. The van der Waals surface area contributed by atoms with Gasteiger partial charge in [-0.25, -0.2) is 0 Å². The standard InChI is InChI=1S/C12H18N2O4/c1-3-10(7-15)13-12-5-4-11(14(16)17)6-9(12)8-18-2/h4-6,10,13,15H,3,7-8H2,1-2H3/t10-/m0/s1. The summed E-state index contributed by atoms with van der Waals surface area (Å²) >= 11 is 0. The van der Waals surface area contributed by atoms with E-state index in [1.54, 1.807) is 6.07 Å². The predicted octanol–water partition coefficient (Wildman–Crippen LogP) is 1.92. The third-order valence-electron chi connectivity index (χ3n) is 2.67. The van der Waals surface area contributed by atoms with Crippen molar-refractivity contribution < 1.29 is 14.8 Å². The van der Waals surface area contributed by atoms with Crippen LogP contribution in [0.25, 0.3) is 0 Å². The summed E-state index contributed by atoms with van der Waals surface area (Å²) in [5.74, 6) is 0. The van der Waals surface area contributed by atoms with E-state index in [9.17, 15) is 10.1 Å². The molecule has 0 aliphatic heterocycles. The molecule has 0 bridgehead atoms. The van der Waals surface area contributed by atoms with Crippen LogP contribution < -0.4 is 5.32 Å². The molecule has 0 fully saturated rings. The minimum absolute atomic E-state index is 0.0138. The van der Waals surface area contributed by atoms with Crippen molar-refractivity contribution in [1.82, 2.24) is 0 Å². The van der Waals surface area contributed by atoms with Gasteiger partial charge in [0.15, 0.2) is 0 Å². The van der Waals surface area contributed by atoms with Crippen molar-refractivity contribution in [2.24, 2.45) is 0 Å². The van der Waals surface area contributed by atoms with Crippen LogP contribution >= 0.6 is 0 Å². The van der Waals surface area contributed by atoms with Crippen LogP contribution in [0.1, 0.15) is 18.9 Å². The summed E-state index contributed by atoms with van der Waals surface area (Å²) in [6, 6.07) is 4.49. The molecule has 6 nitrogen and oxygen atoms in total. The molecule has 18 heavy (non-hydrogen) atoms. The molecule has 1 atom stereocenters. The number of nitrogens with one attached hydrogen (secondary N) is 1. The molecule has 0 aliphatic rings. The Hall–Kier alpha value is -1.66. The SMILES string of the molecule is CC[C@@H](CO)Nc1ccc([N+](=O)[O-])cc1COC. The summed E-state index contributed by atoms with van der Waals surface area (Å²) in [6.45, 7) is 2.25. The molecule has 0 aromatic heterocycles. The molecular weight excluding hydrogens is 236 g/mol. The molecule has 0 aliphatic carbocycles. The largest absolute Gasteiger partial charge is 0.394 e. The molecule has 2 N–H and O–H groups in total. The van der Waals surface area contributed by atoms with Crippen LogP contribution in [0.5, 0.6) is 0 Å². The van der Waals surface area contributed by atoms with Gasteiger partial charge in [0.2, 0.25) is 0 Å². The van der Waals surface area contributed by atoms with Gasteiger partial charge in [-0.05, 0) is 12.5 Å². The molecule has 100 valence electrons. The van der Waals surface area contributed by atoms with Gasteiger partial charge in [0, 0.05) is 36.5 Å². The third-order valence-corrected chi connectivity index (χ3v) is 2.67. The summed E-state index contributed by atoms with van der Waals surface area (Å²) in [5.41, 5.74) is 1.49. The van der Waals surface area contributed by atoms with Crippen LogP contribution in [-0.2, 0) is 11.3 Å². The molecule has 0 radical (unpaired) electrons. The average molecular weight is 254 g/mol. The van der Waals surface area contributed by atoms with Gasteiger partial charge in [-0.1, -0.05) is 6.92 Å². The maximum atomic E-state index is 10.7. The number of anilines is 1. The number of methoxy groups -OCH3 is 1. The maximum absolute atomic E-state index is 10.7. The molecule has 0 amide bonds. The summed E-state index contributed by atoms with van der Waals surface area (Å²) in [4.78, 5) is 10.3. The number of non-ortho nitro benzene ring substituents is 1. The van der Waals surface area contributed by atoms with E-state index in [-0.39, 0.29) is 24.9 Å². The number of ether oxygens (including phenoxy) is 1. The first kappa shape index (κ1) is 14.4. The highest BCUT2D eigenvalue weighted by Gasteiger charge is 2.13. The van der Waals surface area contributed by atoms with Crippen LogP contribution in [0.15, 0.2) is 18.2 Å². The van der Waals surface area contributed by atoms with Crippen LogP contribution in [0.2, 0.25) is 0 Å². The maximum Gasteiger partial charge on any atom is 0.269 e. The molecule has 6 heteroatoms. The van der Waals surface area contributed by atoms with Gasteiger partial charge in [0.25, 0.3) is 5.69 Å². The Labute approximate surface area is 106 Å². The molecule has 0 heterocycles. The predicted molar refractivity (Wildman–Crippen MR) is 68.6 cm³/mol. The first-order valence-electron chi connectivity index (χ1n) is 5.76. The van der Waals surface area contributed by atoms with E-state index < -0.39 is 4.92 Å². The van der Waals surface area contributed by atoms with E-state index >= 15 is 0 Å². The Morgan fingerprint density at radius 1 is 1.56 bits per heavy atom. The minimum Gasteiger partial charge on any atom is -0.394 e. The number of hydrogen-bond donors (Lipinski definition) is 2. The molecule has 1 rings (SSSR count). The zero-order valence-corrected chi connectivity index (χ0v) is 10.5. The fraction of sp³-hybridized carbons (Fsp3) is 0.500. The van der Waals surface area contributed by atoms with Gasteiger partial charge in [-0.3, -0.25) is 10.1 Å². The number of benzene rings is 1. The van der Waals surface area contributed by atoms with Crippen molar-refractivity contribution in [3.63, 3.8) is 0 Å². The van der Waals surface area contributed by atoms with Crippen molar-refractivity contribution in [3.8, 4) is 0 Å². The highest BCUT2D eigenvalue weighted by molar-refractivity contribution is 5.56. The average Bonchev–Trinajstić information content (AvgIpc) is 2.37. The van der Waals surface area contributed by atoms with Gasteiger partial charge in [-0.15, -0.1) is 0 Å². The van der Waals surface area contributed by atoms with E-state index in [0.29, 0.717) is 5.56 Å².